The number of aromatic amines is 1. The second-order valence-corrected chi connectivity index (χ2v) is 5.03. The Bertz CT molecular complexity index is 478. The molecule has 0 saturated carbocycles. The van der Waals surface area contributed by atoms with Gasteiger partial charge in [0, 0.05) is 24.2 Å². The van der Waals surface area contributed by atoms with E-state index in [-0.39, 0.29) is 11.5 Å². The Hall–Kier alpha value is -1.58. The zero-order chi connectivity index (χ0) is 14.3. The molecular formula is C15H24N2O2. The lowest BCUT2D eigenvalue weighted by Gasteiger charge is -2.08. The summed E-state index contributed by atoms with van der Waals surface area (Å²) in [7, 11) is 0. The normalized spacial score (nSPS) is 10.5. The third-order valence-corrected chi connectivity index (χ3v) is 3.21. The van der Waals surface area contributed by atoms with Crippen molar-refractivity contribution in [2.45, 2.75) is 59.4 Å². The molecule has 0 bridgehead atoms. The highest BCUT2D eigenvalue weighted by atomic mass is 16.1. The molecule has 1 aromatic rings. The van der Waals surface area contributed by atoms with Gasteiger partial charge in [0.15, 0.2) is 0 Å². The van der Waals surface area contributed by atoms with E-state index in [0.29, 0.717) is 18.5 Å². The van der Waals surface area contributed by atoms with E-state index >= 15 is 0 Å². The molecule has 0 aromatic carbocycles. The van der Waals surface area contributed by atoms with Gasteiger partial charge in [0.2, 0.25) is 5.91 Å². The predicted molar refractivity (Wildman–Crippen MR) is 77.1 cm³/mol. The van der Waals surface area contributed by atoms with E-state index in [4.69, 9.17) is 0 Å². The van der Waals surface area contributed by atoms with E-state index in [1.54, 1.807) is 0 Å². The molecule has 0 unspecified atom stereocenters. The van der Waals surface area contributed by atoms with Gasteiger partial charge in [0.1, 0.15) is 0 Å². The molecule has 0 spiro atoms. The molecule has 19 heavy (non-hydrogen) atoms. The van der Waals surface area contributed by atoms with Crippen LogP contribution in [0.4, 0.5) is 0 Å². The van der Waals surface area contributed by atoms with E-state index in [1.165, 1.54) is 12.8 Å². The maximum absolute atomic E-state index is 11.8. The second-order valence-electron chi connectivity index (χ2n) is 5.03. The van der Waals surface area contributed by atoms with Gasteiger partial charge >= 0.3 is 0 Å². The summed E-state index contributed by atoms with van der Waals surface area (Å²) in [4.78, 5) is 26.2. The standard InChI is InChI=1S/C15H24N2O2/c1-4-5-6-7-8-14(18)16-10-13-11(2)9-12(3)17-15(13)19/h9H,4-8,10H2,1-3H3,(H,16,18)(H,17,19). The maximum atomic E-state index is 11.8. The maximum Gasteiger partial charge on any atom is 0.253 e. The Labute approximate surface area is 114 Å². The predicted octanol–water partition coefficient (Wildman–Crippen LogP) is 2.58. The van der Waals surface area contributed by atoms with E-state index in [2.05, 4.69) is 17.2 Å². The van der Waals surface area contributed by atoms with Crippen LogP contribution >= 0.6 is 0 Å². The van der Waals surface area contributed by atoms with Gasteiger partial charge in [-0.15, -0.1) is 0 Å². The Morgan fingerprint density at radius 3 is 2.63 bits per heavy atom. The van der Waals surface area contributed by atoms with Crippen LogP contribution < -0.4 is 10.9 Å². The Morgan fingerprint density at radius 2 is 2.00 bits per heavy atom. The highest BCUT2D eigenvalue weighted by Crippen LogP contribution is 2.04. The third-order valence-electron chi connectivity index (χ3n) is 3.21. The average Bonchev–Trinajstić information content (AvgIpc) is 2.33. The molecule has 0 aliphatic carbocycles. The first-order valence-corrected chi connectivity index (χ1v) is 7.00. The Balaban J connectivity index is 2.44. The molecule has 4 nitrogen and oxygen atoms in total. The fraction of sp³-hybridized carbons (Fsp3) is 0.600. The van der Waals surface area contributed by atoms with E-state index in [1.807, 2.05) is 19.9 Å². The summed E-state index contributed by atoms with van der Waals surface area (Å²) in [6, 6.07) is 1.92. The summed E-state index contributed by atoms with van der Waals surface area (Å²) in [5.41, 5.74) is 2.31. The zero-order valence-electron chi connectivity index (χ0n) is 12.1. The van der Waals surface area contributed by atoms with Crippen LogP contribution in [0.15, 0.2) is 10.9 Å². The lowest BCUT2D eigenvalue weighted by Crippen LogP contribution is -2.27. The van der Waals surface area contributed by atoms with Crippen molar-refractivity contribution < 1.29 is 4.79 Å². The van der Waals surface area contributed by atoms with E-state index in [9.17, 15) is 9.59 Å². The molecule has 4 heteroatoms. The van der Waals surface area contributed by atoms with Gasteiger partial charge in [-0.25, -0.2) is 0 Å². The summed E-state index contributed by atoms with van der Waals surface area (Å²) in [6.45, 7) is 6.20. The number of pyridine rings is 1. The molecule has 1 rings (SSSR count). The molecule has 1 heterocycles. The molecule has 0 saturated heterocycles. The molecule has 0 atom stereocenters. The third kappa shape index (κ3) is 5.28. The van der Waals surface area contributed by atoms with Crippen LogP contribution in [0.25, 0.3) is 0 Å². The Morgan fingerprint density at radius 1 is 1.26 bits per heavy atom. The van der Waals surface area contributed by atoms with Gasteiger partial charge in [0.25, 0.3) is 5.56 Å². The number of H-pyrrole nitrogens is 1. The number of aryl methyl sites for hydroxylation is 2. The van der Waals surface area contributed by atoms with Crippen LogP contribution in [-0.2, 0) is 11.3 Å². The van der Waals surface area contributed by atoms with Crippen molar-refractivity contribution in [1.82, 2.24) is 10.3 Å². The zero-order valence-corrected chi connectivity index (χ0v) is 12.1. The number of hydrogen-bond donors (Lipinski definition) is 2. The quantitative estimate of drug-likeness (QED) is 0.743. The second kappa shape index (κ2) is 7.77. The number of rotatable bonds is 7. The van der Waals surface area contributed by atoms with Crippen molar-refractivity contribution in [3.63, 3.8) is 0 Å². The first kappa shape index (κ1) is 15.5. The number of nitrogens with one attached hydrogen (secondary N) is 2. The van der Waals surface area contributed by atoms with E-state index in [0.717, 1.165) is 24.1 Å². The molecular weight excluding hydrogens is 240 g/mol. The summed E-state index contributed by atoms with van der Waals surface area (Å²) < 4.78 is 0. The van der Waals surface area contributed by atoms with Crippen LogP contribution in [0.5, 0.6) is 0 Å². The van der Waals surface area contributed by atoms with Gasteiger partial charge in [0.05, 0.1) is 0 Å². The van der Waals surface area contributed by atoms with E-state index < -0.39 is 0 Å². The summed E-state index contributed by atoms with van der Waals surface area (Å²) in [6.07, 6.45) is 4.89. The molecule has 106 valence electrons. The van der Waals surface area contributed by atoms with Crippen LogP contribution in [0.2, 0.25) is 0 Å². The van der Waals surface area contributed by atoms with Gasteiger partial charge in [-0.2, -0.15) is 0 Å². The molecule has 1 aromatic heterocycles. The molecule has 1 amide bonds. The minimum Gasteiger partial charge on any atom is -0.352 e. The summed E-state index contributed by atoms with van der Waals surface area (Å²) in [5.74, 6) is 0.0236. The van der Waals surface area contributed by atoms with Crippen molar-refractivity contribution in [3.8, 4) is 0 Å². The van der Waals surface area contributed by atoms with Gasteiger partial charge in [-0.05, 0) is 31.9 Å². The summed E-state index contributed by atoms with van der Waals surface area (Å²) >= 11 is 0. The number of hydrogen-bond acceptors (Lipinski definition) is 2. The van der Waals surface area contributed by atoms with Gasteiger partial charge < -0.3 is 10.3 Å². The smallest absolute Gasteiger partial charge is 0.253 e. The minimum atomic E-state index is -0.108. The minimum absolute atomic E-state index is 0.0236. The number of unbranched alkanes of at least 4 members (excludes halogenated alkanes) is 3. The average molecular weight is 264 g/mol. The van der Waals surface area contributed by atoms with Gasteiger partial charge in [-0.1, -0.05) is 26.2 Å². The van der Waals surface area contributed by atoms with Crippen LogP contribution in [0.1, 0.15) is 55.8 Å². The number of aromatic nitrogens is 1. The summed E-state index contributed by atoms with van der Waals surface area (Å²) in [5, 5.41) is 2.82. The van der Waals surface area contributed by atoms with Gasteiger partial charge in [-0.3, -0.25) is 9.59 Å². The largest absolute Gasteiger partial charge is 0.352 e. The Kier molecular flexibility index (Phi) is 6.33. The SMILES string of the molecule is CCCCCCC(=O)NCc1c(C)cc(C)[nH]c1=O. The highest BCUT2D eigenvalue weighted by molar-refractivity contribution is 5.75. The lowest BCUT2D eigenvalue weighted by atomic mass is 10.1. The first-order valence-electron chi connectivity index (χ1n) is 7.00. The van der Waals surface area contributed by atoms with Crippen molar-refractivity contribution in [3.05, 3.63) is 33.2 Å². The molecule has 2 N–H and O–H groups in total. The van der Waals surface area contributed by atoms with Crippen LogP contribution in [0.3, 0.4) is 0 Å². The lowest BCUT2D eigenvalue weighted by molar-refractivity contribution is -0.121. The first-order chi connectivity index (χ1) is 9.04. The van der Waals surface area contributed by atoms with Crippen molar-refractivity contribution >= 4 is 5.91 Å². The van der Waals surface area contributed by atoms with Crippen LogP contribution in [-0.4, -0.2) is 10.9 Å². The monoisotopic (exact) mass is 264 g/mol. The molecule has 0 aliphatic rings. The number of amides is 1. The number of carbonyl (C=O) groups excluding carboxylic acids is 1. The van der Waals surface area contributed by atoms with Crippen molar-refractivity contribution in [2.24, 2.45) is 0 Å². The molecule has 0 aliphatic heterocycles. The van der Waals surface area contributed by atoms with Crippen molar-refractivity contribution in [2.75, 3.05) is 0 Å². The fourth-order valence-electron chi connectivity index (χ4n) is 2.09. The molecule has 0 fully saturated rings. The van der Waals surface area contributed by atoms with Crippen molar-refractivity contribution in [1.29, 1.82) is 0 Å². The topological polar surface area (TPSA) is 62.0 Å². The number of carbonyl (C=O) groups is 1. The highest BCUT2D eigenvalue weighted by Gasteiger charge is 2.07. The molecule has 0 radical (unpaired) electrons. The van der Waals surface area contributed by atoms with Crippen LogP contribution in [0, 0.1) is 13.8 Å². The fourth-order valence-corrected chi connectivity index (χ4v) is 2.09.